The molecule has 2 amide bonds. The minimum atomic E-state index is -1.01. The third-order valence-corrected chi connectivity index (χ3v) is 4.86. The first-order chi connectivity index (χ1) is 15.4. The van der Waals surface area contributed by atoms with Gasteiger partial charge in [0.05, 0.1) is 0 Å². The average molecular weight is 431 g/mol. The number of ether oxygens (including phenoxy) is 1. The van der Waals surface area contributed by atoms with Gasteiger partial charge in [-0.05, 0) is 47.4 Å². The van der Waals surface area contributed by atoms with Gasteiger partial charge in [0, 0.05) is 17.7 Å². The predicted molar refractivity (Wildman–Crippen MR) is 122 cm³/mol. The lowest BCUT2D eigenvalue weighted by atomic mass is 10.0. The van der Waals surface area contributed by atoms with E-state index in [1.54, 1.807) is 36.4 Å². The Balaban J connectivity index is 1.66. The molecule has 164 valence electrons. The van der Waals surface area contributed by atoms with E-state index in [4.69, 9.17) is 16.2 Å². The molecule has 3 aromatic carbocycles. The molecule has 0 radical (unpaired) electrons. The van der Waals surface area contributed by atoms with Crippen molar-refractivity contribution in [2.24, 2.45) is 5.73 Å². The number of nitrogens with two attached hydrogens (primary N) is 2. The Morgan fingerprint density at radius 1 is 0.875 bits per heavy atom. The largest absolute Gasteiger partial charge is 0.459 e. The molecule has 0 saturated carbocycles. The van der Waals surface area contributed by atoms with E-state index in [1.165, 1.54) is 0 Å². The summed E-state index contributed by atoms with van der Waals surface area (Å²) in [6.45, 7) is -0.00140. The van der Waals surface area contributed by atoms with Crippen molar-refractivity contribution in [3.8, 4) is 11.1 Å². The first-order valence-electron chi connectivity index (χ1n) is 10.2. The Kier molecular flexibility index (Phi) is 7.59. The van der Waals surface area contributed by atoms with Crippen molar-refractivity contribution >= 4 is 23.5 Å². The molecular formula is C25H25N3O4. The Labute approximate surface area is 186 Å². The maximum absolute atomic E-state index is 12.7. The molecule has 0 fully saturated rings. The molecule has 3 aromatic rings. The highest BCUT2D eigenvalue weighted by Gasteiger charge is 2.23. The van der Waals surface area contributed by atoms with Gasteiger partial charge in [-0.15, -0.1) is 0 Å². The molecule has 0 aliphatic heterocycles. The van der Waals surface area contributed by atoms with Crippen LogP contribution in [0.2, 0.25) is 0 Å². The van der Waals surface area contributed by atoms with E-state index in [9.17, 15) is 14.4 Å². The van der Waals surface area contributed by atoms with Gasteiger partial charge in [0.1, 0.15) is 12.6 Å². The number of benzene rings is 3. The van der Waals surface area contributed by atoms with E-state index >= 15 is 0 Å². The fraction of sp³-hybridized carbons (Fsp3) is 0.160. The third kappa shape index (κ3) is 6.43. The number of hydrogen-bond acceptors (Lipinski definition) is 5. The molecule has 0 spiro atoms. The zero-order chi connectivity index (χ0) is 22.9. The van der Waals surface area contributed by atoms with Crippen molar-refractivity contribution in [2.75, 3.05) is 5.73 Å². The molecular weight excluding hydrogens is 406 g/mol. The number of amides is 2. The molecule has 0 saturated heterocycles. The van der Waals surface area contributed by atoms with Crippen LogP contribution in [0, 0.1) is 0 Å². The van der Waals surface area contributed by atoms with Gasteiger partial charge in [0.15, 0.2) is 0 Å². The molecule has 1 atom stereocenters. The van der Waals surface area contributed by atoms with Gasteiger partial charge >= 0.3 is 5.97 Å². The number of nitrogens with one attached hydrogen (secondary N) is 1. The summed E-state index contributed by atoms with van der Waals surface area (Å²) in [4.78, 5) is 36.5. The maximum atomic E-state index is 12.7. The number of nitrogen functional groups attached to an aromatic ring is 1. The highest BCUT2D eigenvalue weighted by molar-refractivity contribution is 5.97. The van der Waals surface area contributed by atoms with Gasteiger partial charge in [-0.25, -0.2) is 4.79 Å². The van der Waals surface area contributed by atoms with Gasteiger partial charge < -0.3 is 21.5 Å². The molecule has 5 N–H and O–H groups in total. The van der Waals surface area contributed by atoms with Crippen LogP contribution < -0.4 is 16.8 Å². The zero-order valence-electron chi connectivity index (χ0n) is 17.5. The summed E-state index contributed by atoms with van der Waals surface area (Å²) < 4.78 is 5.33. The van der Waals surface area contributed by atoms with E-state index in [-0.39, 0.29) is 19.4 Å². The van der Waals surface area contributed by atoms with Crippen LogP contribution in [-0.2, 0) is 20.9 Å². The molecule has 7 heteroatoms. The minimum absolute atomic E-state index is 0.00140. The summed E-state index contributed by atoms with van der Waals surface area (Å²) in [5.41, 5.74) is 14.6. The van der Waals surface area contributed by atoms with Crippen molar-refractivity contribution in [2.45, 2.75) is 25.5 Å². The zero-order valence-corrected chi connectivity index (χ0v) is 17.5. The van der Waals surface area contributed by atoms with E-state index in [2.05, 4.69) is 5.32 Å². The van der Waals surface area contributed by atoms with Crippen LogP contribution in [0.4, 0.5) is 5.69 Å². The Morgan fingerprint density at radius 2 is 1.56 bits per heavy atom. The van der Waals surface area contributed by atoms with Crippen LogP contribution in [0.25, 0.3) is 11.1 Å². The highest BCUT2D eigenvalue weighted by atomic mass is 16.5. The lowest BCUT2D eigenvalue weighted by molar-refractivity contribution is -0.147. The second-order valence-electron chi connectivity index (χ2n) is 7.33. The SMILES string of the molecule is NC(=O)CC[C@H](NC(=O)c1ccc(-c2ccccc2)cc1)C(=O)OCc1cccc(N)c1. The average Bonchev–Trinajstić information content (AvgIpc) is 2.80. The van der Waals surface area contributed by atoms with Crippen molar-refractivity contribution < 1.29 is 19.1 Å². The molecule has 0 aromatic heterocycles. The summed E-state index contributed by atoms with van der Waals surface area (Å²) in [6.07, 6.45) is -0.0236. The fourth-order valence-corrected chi connectivity index (χ4v) is 3.16. The van der Waals surface area contributed by atoms with Gasteiger partial charge in [-0.1, -0.05) is 54.6 Å². The number of primary amides is 1. The molecule has 3 rings (SSSR count). The second kappa shape index (κ2) is 10.8. The maximum Gasteiger partial charge on any atom is 0.328 e. The number of carbonyl (C=O) groups is 3. The van der Waals surface area contributed by atoms with Gasteiger partial charge in [0.25, 0.3) is 5.91 Å². The molecule has 0 aliphatic rings. The second-order valence-corrected chi connectivity index (χ2v) is 7.33. The Bertz CT molecular complexity index is 1080. The quantitative estimate of drug-likeness (QED) is 0.355. The summed E-state index contributed by atoms with van der Waals surface area (Å²) in [7, 11) is 0. The van der Waals surface area contributed by atoms with Crippen LogP contribution in [0.3, 0.4) is 0 Å². The molecule has 0 aliphatic carbocycles. The standard InChI is InChI=1S/C25H25N3O4/c26-21-8-4-5-17(15-21)16-32-25(31)22(13-14-23(27)29)28-24(30)20-11-9-19(10-12-20)18-6-2-1-3-7-18/h1-12,15,22H,13-14,16,26H2,(H2,27,29)(H,28,30)/t22-/m0/s1. The molecule has 0 heterocycles. The first kappa shape index (κ1) is 22.6. The monoisotopic (exact) mass is 431 g/mol. The van der Waals surface area contributed by atoms with Gasteiger partial charge in [-0.3, -0.25) is 9.59 Å². The fourth-order valence-electron chi connectivity index (χ4n) is 3.16. The number of rotatable bonds is 9. The van der Waals surface area contributed by atoms with Crippen molar-refractivity contribution in [3.05, 3.63) is 90.0 Å². The third-order valence-electron chi connectivity index (χ3n) is 4.86. The predicted octanol–water partition coefficient (Wildman–Crippen LogP) is 3.04. The highest BCUT2D eigenvalue weighted by Crippen LogP contribution is 2.19. The van der Waals surface area contributed by atoms with Crippen LogP contribution in [0.15, 0.2) is 78.9 Å². The van der Waals surface area contributed by atoms with Crippen LogP contribution in [0.5, 0.6) is 0 Å². The number of carbonyl (C=O) groups excluding carboxylic acids is 3. The van der Waals surface area contributed by atoms with Gasteiger partial charge in [0.2, 0.25) is 5.91 Å². The van der Waals surface area contributed by atoms with Crippen molar-refractivity contribution in [1.82, 2.24) is 5.32 Å². The van der Waals surface area contributed by atoms with Crippen LogP contribution >= 0.6 is 0 Å². The summed E-state index contributed by atoms with van der Waals surface area (Å²) >= 11 is 0. The van der Waals surface area contributed by atoms with E-state index in [0.717, 1.165) is 16.7 Å². The minimum Gasteiger partial charge on any atom is -0.459 e. The lowest BCUT2D eigenvalue weighted by Crippen LogP contribution is -2.42. The molecule has 0 unspecified atom stereocenters. The number of anilines is 1. The Hall–Kier alpha value is -4.13. The number of esters is 1. The van der Waals surface area contributed by atoms with E-state index in [0.29, 0.717) is 11.3 Å². The van der Waals surface area contributed by atoms with Crippen LogP contribution in [0.1, 0.15) is 28.8 Å². The topological polar surface area (TPSA) is 125 Å². The molecule has 32 heavy (non-hydrogen) atoms. The lowest BCUT2D eigenvalue weighted by Gasteiger charge is -2.17. The normalized spacial score (nSPS) is 11.4. The summed E-state index contributed by atoms with van der Waals surface area (Å²) in [5.74, 6) is -1.66. The van der Waals surface area contributed by atoms with Crippen molar-refractivity contribution in [3.63, 3.8) is 0 Å². The molecule has 7 nitrogen and oxygen atoms in total. The number of hydrogen-bond donors (Lipinski definition) is 3. The Morgan fingerprint density at radius 3 is 2.22 bits per heavy atom. The van der Waals surface area contributed by atoms with Crippen LogP contribution in [-0.4, -0.2) is 23.8 Å². The van der Waals surface area contributed by atoms with E-state index in [1.807, 2.05) is 42.5 Å². The van der Waals surface area contributed by atoms with E-state index < -0.39 is 23.8 Å². The summed E-state index contributed by atoms with van der Waals surface area (Å²) in [5, 5.41) is 2.65. The van der Waals surface area contributed by atoms with Crippen molar-refractivity contribution in [1.29, 1.82) is 0 Å². The summed E-state index contributed by atoms with van der Waals surface area (Å²) in [6, 6.07) is 22.7. The first-order valence-corrected chi connectivity index (χ1v) is 10.2. The van der Waals surface area contributed by atoms with Gasteiger partial charge in [-0.2, -0.15) is 0 Å². The molecule has 0 bridgehead atoms. The smallest absolute Gasteiger partial charge is 0.328 e.